The van der Waals surface area contributed by atoms with Crippen LogP contribution in [0.5, 0.6) is 0 Å². The number of amides is 3. The maximum atomic E-state index is 14.6. The highest BCUT2D eigenvalue weighted by atomic mass is 35.5. The SMILES string of the molecule is O=C(Nc1cc(NC(=O)C(F)F)c(F)cc1F)c1cc(NC(=O)[C@H]2[C@H](c3ccc(Cl)c(Cl)c3)C2(Cl)Cl)cc(F)c1Cl.[HH].[HH].[HH]. The van der Waals surface area contributed by atoms with Gasteiger partial charge in [0.2, 0.25) is 5.91 Å². The molecule has 41 heavy (non-hydrogen) atoms. The third-order valence-corrected chi connectivity index (χ3v) is 8.00. The molecular weight excluding hydrogens is 663 g/mol. The van der Waals surface area contributed by atoms with Gasteiger partial charge in [-0.25, -0.2) is 13.2 Å². The number of hydrogen-bond donors (Lipinski definition) is 3. The average molecular weight is 682 g/mol. The first-order valence-electron chi connectivity index (χ1n) is 11.1. The first-order chi connectivity index (χ1) is 19.1. The summed E-state index contributed by atoms with van der Waals surface area (Å²) in [6.45, 7) is 0. The number of halogens is 10. The number of carbonyl (C=O) groups is 3. The van der Waals surface area contributed by atoms with Crippen LogP contribution in [0, 0.1) is 23.4 Å². The zero-order valence-electron chi connectivity index (χ0n) is 19.8. The summed E-state index contributed by atoms with van der Waals surface area (Å²) in [4.78, 5) is 37.0. The zero-order valence-corrected chi connectivity index (χ0v) is 23.6. The van der Waals surface area contributed by atoms with E-state index in [0.29, 0.717) is 11.6 Å². The van der Waals surface area contributed by atoms with Gasteiger partial charge >= 0.3 is 6.43 Å². The minimum atomic E-state index is -3.50. The van der Waals surface area contributed by atoms with Crippen molar-refractivity contribution >= 4 is 92.8 Å². The van der Waals surface area contributed by atoms with Crippen molar-refractivity contribution in [2.75, 3.05) is 16.0 Å². The van der Waals surface area contributed by atoms with E-state index in [-0.39, 0.29) is 26.1 Å². The van der Waals surface area contributed by atoms with Crippen molar-refractivity contribution in [3.05, 3.63) is 86.1 Å². The molecule has 2 atom stereocenters. The maximum absolute atomic E-state index is 14.6. The second-order valence-corrected chi connectivity index (χ2v) is 11.3. The Balaban J connectivity index is 0.00000323. The van der Waals surface area contributed by atoms with E-state index in [1.165, 1.54) is 17.4 Å². The molecule has 0 aliphatic heterocycles. The molecule has 0 spiro atoms. The quantitative estimate of drug-likeness (QED) is 0.172. The minimum absolute atomic E-state index is 0. The van der Waals surface area contributed by atoms with Gasteiger partial charge in [-0.1, -0.05) is 40.9 Å². The molecule has 222 valence electrons. The smallest absolute Gasteiger partial charge is 0.315 e. The molecule has 16 heteroatoms. The van der Waals surface area contributed by atoms with Gasteiger partial charge in [-0.2, -0.15) is 8.78 Å². The molecule has 0 unspecified atom stereocenters. The Labute approximate surface area is 257 Å². The van der Waals surface area contributed by atoms with Crippen molar-refractivity contribution in [3.63, 3.8) is 0 Å². The summed E-state index contributed by atoms with van der Waals surface area (Å²) in [7, 11) is 0. The number of benzene rings is 3. The molecule has 1 saturated carbocycles. The second kappa shape index (κ2) is 11.8. The molecule has 0 saturated heterocycles. The van der Waals surface area contributed by atoms with Crippen LogP contribution in [-0.2, 0) is 9.59 Å². The Kier molecular flexibility index (Phi) is 8.96. The van der Waals surface area contributed by atoms with Crippen LogP contribution in [0.3, 0.4) is 0 Å². The lowest BCUT2D eigenvalue weighted by Crippen LogP contribution is -2.21. The summed E-state index contributed by atoms with van der Waals surface area (Å²) in [5.41, 5.74) is -1.96. The molecule has 3 amide bonds. The Bertz CT molecular complexity index is 1610. The Morgan fingerprint density at radius 2 is 1.44 bits per heavy atom. The lowest BCUT2D eigenvalue weighted by atomic mass is 10.1. The summed E-state index contributed by atoms with van der Waals surface area (Å²) in [5.74, 6) is -9.49. The summed E-state index contributed by atoms with van der Waals surface area (Å²) in [6, 6.07) is 7.08. The van der Waals surface area contributed by atoms with Gasteiger partial charge in [0.05, 0.1) is 37.9 Å². The average Bonchev–Trinajstić information content (AvgIpc) is 3.47. The first kappa shape index (κ1) is 31.1. The van der Waals surface area contributed by atoms with Gasteiger partial charge in [0.15, 0.2) is 0 Å². The van der Waals surface area contributed by atoms with Crippen molar-refractivity contribution < 1.29 is 40.6 Å². The molecule has 3 N–H and O–H groups in total. The van der Waals surface area contributed by atoms with Crippen LogP contribution in [0.4, 0.5) is 39.0 Å². The molecule has 1 aliphatic carbocycles. The highest BCUT2D eigenvalue weighted by Crippen LogP contribution is 2.65. The highest BCUT2D eigenvalue weighted by molar-refractivity contribution is 6.53. The minimum Gasteiger partial charge on any atom is -0.326 e. The van der Waals surface area contributed by atoms with E-state index in [1.54, 1.807) is 6.07 Å². The van der Waals surface area contributed by atoms with E-state index in [0.717, 1.165) is 12.1 Å². The van der Waals surface area contributed by atoms with Crippen molar-refractivity contribution in [1.29, 1.82) is 0 Å². The Morgan fingerprint density at radius 1 is 0.805 bits per heavy atom. The molecule has 4 rings (SSSR count). The largest absolute Gasteiger partial charge is 0.326 e. The van der Waals surface area contributed by atoms with E-state index < -0.39 is 79.7 Å². The standard InChI is InChI=1S/C25H13Cl5F5N3O3.3H2/c26-11-2-1-8(3-12(11)27)18-19(25(18,29)30)23(40)36-9-4-10(20(28)15(33)5-9)22(39)37-16-7-17(14(32)6-13(16)31)38-24(41)21(34)35;;;/h1-7,18-19,21H,(H,36,40)(H,37,39)(H,38,41);3*1H/t18-,19+;;;/m0.../s1. The van der Waals surface area contributed by atoms with E-state index in [4.69, 9.17) is 58.0 Å². The third-order valence-electron chi connectivity index (χ3n) is 5.94. The molecular formula is C25H19Cl5F5N3O3. The van der Waals surface area contributed by atoms with Gasteiger partial charge in [-0.15, -0.1) is 23.2 Å². The van der Waals surface area contributed by atoms with Crippen molar-refractivity contribution in [1.82, 2.24) is 0 Å². The van der Waals surface area contributed by atoms with E-state index in [1.807, 2.05) is 5.32 Å². The van der Waals surface area contributed by atoms with E-state index in [2.05, 4.69) is 5.32 Å². The van der Waals surface area contributed by atoms with Crippen LogP contribution in [0.25, 0.3) is 0 Å². The Hall–Kier alpha value is -2.83. The van der Waals surface area contributed by atoms with Gasteiger partial charge in [0, 0.05) is 22.0 Å². The molecule has 3 aromatic carbocycles. The van der Waals surface area contributed by atoms with Gasteiger partial charge in [-0.3, -0.25) is 14.4 Å². The first-order valence-corrected chi connectivity index (χ1v) is 13.0. The second-order valence-electron chi connectivity index (χ2n) is 8.67. The topological polar surface area (TPSA) is 87.3 Å². The fraction of sp³-hybridized carbons (Fsp3) is 0.160. The molecule has 3 aromatic rings. The summed E-state index contributed by atoms with van der Waals surface area (Å²) in [6.07, 6.45) is -3.50. The summed E-state index contributed by atoms with van der Waals surface area (Å²) < 4.78 is 66.4. The van der Waals surface area contributed by atoms with Crippen molar-refractivity contribution in [2.45, 2.75) is 16.7 Å². The van der Waals surface area contributed by atoms with Crippen molar-refractivity contribution in [3.8, 4) is 0 Å². The molecule has 0 heterocycles. The normalized spacial score (nSPS) is 17.2. The number of rotatable bonds is 7. The van der Waals surface area contributed by atoms with Crippen LogP contribution in [0.2, 0.25) is 15.1 Å². The van der Waals surface area contributed by atoms with Gasteiger partial charge in [0.25, 0.3) is 11.8 Å². The predicted octanol–water partition coefficient (Wildman–Crippen LogP) is 8.78. The third kappa shape index (κ3) is 6.49. The number of hydrogen-bond acceptors (Lipinski definition) is 3. The van der Waals surface area contributed by atoms with Crippen LogP contribution in [0.15, 0.2) is 42.5 Å². The van der Waals surface area contributed by atoms with Gasteiger partial charge in [0.1, 0.15) is 21.8 Å². The number of carbonyl (C=O) groups excluding carboxylic acids is 3. The van der Waals surface area contributed by atoms with Crippen LogP contribution >= 0.6 is 58.0 Å². The van der Waals surface area contributed by atoms with Crippen molar-refractivity contribution in [2.24, 2.45) is 5.92 Å². The fourth-order valence-electron chi connectivity index (χ4n) is 3.94. The summed E-state index contributed by atoms with van der Waals surface area (Å²) >= 11 is 30.5. The maximum Gasteiger partial charge on any atom is 0.315 e. The molecule has 1 fully saturated rings. The fourth-order valence-corrected chi connectivity index (χ4v) is 5.27. The summed E-state index contributed by atoms with van der Waals surface area (Å²) in [5, 5.41) is 5.65. The Morgan fingerprint density at radius 3 is 2.05 bits per heavy atom. The number of alkyl halides is 4. The highest BCUT2D eigenvalue weighted by Gasteiger charge is 2.67. The molecule has 0 aromatic heterocycles. The van der Waals surface area contributed by atoms with Crippen LogP contribution < -0.4 is 16.0 Å². The van der Waals surface area contributed by atoms with Crippen LogP contribution in [0.1, 0.15) is 26.1 Å². The monoisotopic (exact) mass is 679 g/mol. The number of nitrogens with one attached hydrogen (secondary N) is 3. The molecule has 0 radical (unpaired) electrons. The lowest BCUT2D eigenvalue weighted by Gasteiger charge is -2.13. The molecule has 0 bridgehead atoms. The van der Waals surface area contributed by atoms with E-state index >= 15 is 0 Å². The zero-order chi connectivity index (χ0) is 30.4. The lowest BCUT2D eigenvalue weighted by molar-refractivity contribution is -0.126. The molecule has 6 nitrogen and oxygen atoms in total. The van der Waals surface area contributed by atoms with Gasteiger partial charge < -0.3 is 16.0 Å². The van der Waals surface area contributed by atoms with Crippen LogP contribution in [-0.4, -0.2) is 28.5 Å². The molecule has 1 aliphatic rings. The predicted molar refractivity (Wildman–Crippen MR) is 152 cm³/mol. The van der Waals surface area contributed by atoms with Gasteiger partial charge in [-0.05, 0) is 35.9 Å². The van der Waals surface area contributed by atoms with E-state index in [9.17, 15) is 36.3 Å². The number of anilines is 3.